The van der Waals surface area contributed by atoms with Crippen molar-refractivity contribution in [1.29, 1.82) is 0 Å². The monoisotopic (exact) mass is 250 g/mol. The number of carbonyl (C=O) groups excluding carboxylic acids is 1. The lowest BCUT2D eigenvalue weighted by atomic mass is 9.90. The molecule has 1 saturated heterocycles. The lowest BCUT2D eigenvalue weighted by Gasteiger charge is -2.31. The van der Waals surface area contributed by atoms with Gasteiger partial charge >= 0.3 is 5.97 Å². The largest absolute Gasteiger partial charge is 0.466 e. The van der Waals surface area contributed by atoms with E-state index in [-0.39, 0.29) is 11.8 Å². The van der Waals surface area contributed by atoms with Crippen LogP contribution in [0.3, 0.4) is 0 Å². The maximum atomic E-state index is 10.8. The van der Waals surface area contributed by atoms with Gasteiger partial charge in [-0.05, 0) is 30.6 Å². The van der Waals surface area contributed by atoms with Crippen molar-refractivity contribution in [3.63, 3.8) is 0 Å². The molecule has 0 N–H and O–H groups in total. The molecule has 0 unspecified atom stereocenters. The molecule has 0 atom stereocenters. The molecule has 2 fully saturated rings. The molecule has 0 aromatic heterocycles. The number of methoxy groups -OCH3 is 1. The molecule has 1 spiro atoms. The predicted octanol–water partition coefficient (Wildman–Crippen LogP) is 2.11. The number of esters is 1. The third-order valence-electron chi connectivity index (χ3n) is 3.25. The molecule has 4 heteroatoms. The van der Waals surface area contributed by atoms with Gasteiger partial charge in [0.05, 0.1) is 20.3 Å². The van der Waals surface area contributed by atoms with Gasteiger partial charge in [-0.1, -0.05) is 0 Å². The van der Waals surface area contributed by atoms with Crippen LogP contribution in [0.2, 0.25) is 0 Å². The fourth-order valence-corrected chi connectivity index (χ4v) is 2.22. The van der Waals surface area contributed by atoms with E-state index < -0.39 is 0 Å². The number of carbonyl (C=O) groups is 1. The van der Waals surface area contributed by atoms with E-state index in [9.17, 15) is 4.79 Å². The summed E-state index contributed by atoms with van der Waals surface area (Å²) in [7, 11) is 1.36. The van der Waals surface area contributed by atoms with Crippen molar-refractivity contribution in [1.82, 2.24) is 0 Å². The Hall–Kier alpha value is -1.35. The van der Waals surface area contributed by atoms with Gasteiger partial charge in [-0.15, -0.1) is 5.73 Å². The van der Waals surface area contributed by atoms with E-state index in [0.717, 1.165) is 25.7 Å². The Morgan fingerprint density at radius 2 is 2.00 bits per heavy atom. The van der Waals surface area contributed by atoms with Crippen molar-refractivity contribution < 1.29 is 19.0 Å². The molecule has 0 aromatic carbocycles. The zero-order chi connectivity index (χ0) is 12.8. The molecule has 1 saturated carbocycles. The van der Waals surface area contributed by atoms with Gasteiger partial charge in [0.1, 0.15) is 0 Å². The van der Waals surface area contributed by atoms with Crippen LogP contribution < -0.4 is 0 Å². The van der Waals surface area contributed by atoms with Crippen molar-refractivity contribution in [2.24, 2.45) is 0 Å². The van der Waals surface area contributed by atoms with E-state index in [1.165, 1.54) is 18.8 Å². The molecular weight excluding hydrogens is 232 g/mol. The molecule has 18 heavy (non-hydrogen) atoms. The smallest absolute Gasteiger partial charge is 0.330 e. The van der Waals surface area contributed by atoms with E-state index in [0.29, 0.717) is 13.2 Å². The summed E-state index contributed by atoms with van der Waals surface area (Å²) < 4.78 is 15.8. The first-order valence-corrected chi connectivity index (χ1v) is 6.21. The maximum Gasteiger partial charge on any atom is 0.330 e. The lowest BCUT2D eigenvalue weighted by Crippen LogP contribution is -2.32. The predicted molar refractivity (Wildman–Crippen MR) is 65.9 cm³/mol. The number of rotatable bonds is 2. The summed E-state index contributed by atoms with van der Waals surface area (Å²) in [6.07, 6.45) is 8.42. The molecule has 2 aliphatic rings. The van der Waals surface area contributed by atoms with Crippen molar-refractivity contribution >= 4 is 5.97 Å². The third-order valence-corrected chi connectivity index (χ3v) is 3.25. The Morgan fingerprint density at radius 1 is 1.33 bits per heavy atom. The zero-order valence-corrected chi connectivity index (χ0v) is 10.6. The summed E-state index contributed by atoms with van der Waals surface area (Å²) in [5, 5.41) is 0. The molecule has 1 aliphatic carbocycles. The minimum Gasteiger partial charge on any atom is -0.466 e. The number of ether oxygens (including phenoxy) is 3. The maximum absolute atomic E-state index is 10.8. The summed E-state index contributed by atoms with van der Waals surface area (Å²) in [6.45, 7) is 1.41. The van der Waals surface area contributed by atoms with E-state index in [1.807, 2.05) is 0 Å². The van der Waals surface area contributed by atoms with Crippen molar-refractivity contribution in [2.75, 3.05) is 20.3 Å². The standard InChI is InChI=1S/C14H18O4/c1-16-13(15)5-3-2-4-12-6-8-14(9-7-12)17-10-11-18-14/h2-3,5H,6-11H2,1H3/b5-3+. The van der Waals surface area contributed by atoms with Gasteiger partial charge in [0.25, 0.3) is 0 Å². The molecule has 1 aliphatic heterocycles. The molecule has 0 bridgehead atoms. The van der Waals surface area contributed by atoms with Crippen LogP contribution in [0.25, 0.3) is 0 Å². The summed E-state index contributed by atoms with van der Waals surface area (Å²) in [4.78, 5) is 10.8. The third kappa shape index (κ3) is 3.33. The van der Waals surface area contributed by atoms with Crippen LogP contribution in [0.15, 0.2) is 29.5 Å². The molecule has 0 amide bonds. The van der Waals surface area contributed by atoms with Gasteiger partial charge in [-0.25, -0.2) is 4.79 Å². The Labute approximate surface area is 107 Å². The van der Waals surface area contributed by atoms with Crippen molar-refractivity contribution in [3.8, 4) is 0 Å². The zero-order valence-electron chi connectivity index (χ0n) is 10.6. The Balaban J connectivity index is 1.87. The summed E-state index contributed by atoms with van der Waals surface area (Å²) in [5.41, 5.74) is 4.44. The molecule has 0 radical (unpaired) electrons. The number of allylic oxidation sites excluding steroid dienone is 2. The molecule has 0 aromatic rings. The van der Waals surface area contributed by atoms with Crippen LogP contribution in [-0.2, 0) is 19.0 Å². The minimum absolute atomic E-state index is 0.326. The average molecular weight is 250 g/mol. The second-order valence-electron chi connectivity index (χ2n) is 4.40. The SMILES string of the molecule is COC(=O)/C=C/C=C=C1CCC2(CC1)OCCO2. The van der Waals surface area contributed by atoms with Gasteiger partial charge in [0.15, 0.2) is 5.79 Å². The second kappa shape index (κ2) is 6.01. The highest BCUT2D eigenvalue weighted by Gasteiger charge is 2.38. The Bertz CT molecular complexity index is 384. The fraction of sp³-hybridized carbons (Fsp3) is 0.571. The van der Waals surface area contributed by atoms with Crippen LogP contribution in [0.4, 0.5) is 0 Å². The van der Waals surface area contributed by atoms with Crippen LogP contribution in [0.5, 0.6) is 0 Å². The van der Waals surface area contributed by atoms with Crippen molar-refractivity contribution in [2.45, 2.75) is 31.5 Å². The second-order valence-corrected chi connectivity index (χ2v) is 4.40. The van der Waals surface area contributed by atoms with Crippen molar-refractivity contribution in [3.05, 3.63) is 29.5 Å². The van der Waals surface area contributed by atoms with E-state index in [1.54, 1.807) is 12.2 Å². The first-order valence-electron chi connectivity index (χ1n) is 6.21. The molecule has 4 nitrogen and oxygen atoms in total. The quantitative estimate of drug-likeness (QED) is 0.326. The lowest BCUT2D eigenvalue weighted by molar-refractivity contribution is -0.171. The van der Waals surface area contributed by atoms with Gasteiger partial charge in [0.2, 0.25) is 0 Å². The highest BCUT2D eigenvalue weighted by molar-refractivity contribution is 5.82. The van der Waals surface area contributed by atoms with Crippen LogP contribution >= 0.6 is 0 Å². The number of hydrogen-bond acceptors (Lipinski definition) is 4. The number of hydrogen-bond donors (Lipinski definition) is 0. The van der Waals surface area contributed by atoms with Gasteiger partial charge in [0, 0.05) is 18.9 Å². The highest BCUT2D eigenvalue weighted by atomic mass is 16.7. The first kappa shape index (κ1) is 13.1. The summed E-state index contributed by atoms with van der Waals surface area (Å²) in [6, 6.07) is 0. The van der Waals surface area contributed by atoms with Gasteiger partial charge < -0.3 is 14.2 Å². The highest BCUT2D eigenvalue weighted by Crippen LogP contribution is 2.37. The molecule has 2 rings (SSSR count). The van der Waals surface area contributed by atoms with Gasteiger partial charge in [-0.2, -0.15) is 0 Å². The molecular formula is C14H18O4. The van der Waals surface area contributed by atoms with Gasteiger partial charge in [-0.3, -0.25) is 0 Å². The van der Waals surface area contributed by atoms with Crippen LogP contribution in [0.1, 0.15) is 25.7 Å². The summed E-state index contributed by atoms with van der Waals surface area (Å²) >= 11 is 0. The van der Waals surface area contributed by atoms with E-state index >= 15 is 0 Å². The summed E-state index contributed by atoms with van der Waals surface area (Å²) in [5.74, 6) is -0.680. The van der Waals surface area contributed by atoms with Crippen LogP contribution in [-0.4, -0.2) is 32.1 Å². The van der Waals surface area contributed by atoms with Crippen LogP contribution in [0, 0.1) is 0 Å². The average Bonchev–Trinajstić information content (AvgIpc) is 2.85. The molecule has 1 heterocycles. The first-order chi connectivity index (χ1) is 8.74. The normalized spacial score (nSPS) is 22.2. The minimum atomic E-state index is -0.353. The molecule has 98 valence electrons. The fourth-order valence-electron chi connectivity index (χ4n) is 2.22. The van der Waals surface area contributed by atoms with E-state index in [2.05, 4.69) is 10.5 Å². The Morgan fingerprint density at radius 3 is 2.61 bits per heavy atom. The van der Waals surface area contributed by atoms with E-state index in [4.69, 9.17) is 9.47 Å². The Kier molecular flexibility index (Phi) is 4.37. The topological polar surface area (TPSA) is 44.8 Å².